The molecule has 6 nitrogen and oxygen atoms in total. The van der Waals surface area contributed by atoms with Gasteiger partial charge < -0.3 is 14.6 Å². The van der Waals surface area contributed by atoms with Crippen LogP contribution in [0, 0.1) is 0 Å². The molecule has 0 aliphatic rings. The van der Waals surface area contributed by atoms with E-state index in [0.717, 1.165) is 5.39 Å². The molecule has 2 rings (SSSR count). The van der Waals surface area contributed by atoms with Crippen LogP contribution in [-0.4, -0.2) is 22.9 Å². The molecule has 2 atom stereocenters. The number of aliphatic hydroxyl groups excluding tert-OH is 2. The summed E-state index contributed by atoms with van der Waals surface area (Å²) >= 11 is 0. The second-order valence-electron chi connectivity index (χ2n) is 3.61. The van der Waals surface area contributed by atoms with Crippen molar-refractivity contribution in [3.63, 3.8) is 0 Å². The van der Waals surface area contributed by atoms with Crippen molar-refractivity contribution in [2.75, 3.05) is 6.54 Å². The number of aliphatic hydroxyl groups is 2. The highest BCUT2D eigenvalue weighted by Gasteiger charge is 2.21. The van der Waals surface area contributed by atoms with Crippen LogP contribution in [0.15, 0.2) is 40.1 Å². The summed E-state index contributed by atoms with van der Waals surface area (Å²) in [4.78, 5) is 2.53. The highest BCUT2D eigenvalue weighted by atomic mass is 16.3. The van der Waals surface area contributed by atoms with Crippen molar-refractivity contribution in [3.8, 4) is 0 Å². The molecule has 88 valence electrons. The number of fused-ring (bicyclic) bond motifs is 1. The molecule has 0 aliphatic heterocycles. The Bertz CT molecular complexity index is 560. The second-order valence-corrected chi connectivity index (χ2v) is 3.61. The third kappa shape index (κ3) is 2.24. The van der Waals surface area contributed by atoms with Crippen molar-refractivity contribution in [3.05, 3.63) is 46.5 Å². The predicted octanol–water partition coefficient (Wildman–Crippen LogP) is 2.14. The van der Waals surface area contributed by atoms with E-state index in [1.54, 1.807) is 12.1 Å². The van der Waals surface area contributed by atoms with Gasteiger partial charge in [-0.1, -0.05) is 23.3 Å². The summed E-state index contributed by atoms with van der Waals surface area (Å²) in [5.74, 6) is 0. The molecule has 0 bridgehead atoms. The molecule has 0 aliphatic carbocycles. The maximum atomic E-state index is 9.91. The van der Waals surface area contributed by atoms with E-state index in [4.69, 9.17) is 9.95 Å². The molecule has 17 heavy (non-hydrogen) atoms. The van der Waals surface area contributed by atoms with Crippen molar-refractivity contribution in [1.29, 1.82) is 0 Å². The standard InChI is InChI=1S/C11H11N3O3/c12-14-13-5-9(15)11(16)8-6-17-10-4-2-1-3-7(8)10/h1-4,6,9,11,15-16H,5H2. The number of benzene rings is 1. The molecule has 0 saturated heterocycles. The summed E-state index contributed by atoms with van der Waals surface area (Å²) in [7, 11) is 0. The van der Waals surface area contributed by atoms with Crippen molar-refractivity contribution >= 4 is 11.0 Å². The van der Waals surface area contributed by atoms with Crippen molar-refractivity contribution in [2.24, 2.45) is 5.11 Å². The van der Waals surface area contributed by atoms with Gasteiger partial charge in [-0.15, -0.1) is 0 Å². The fraction of sp³-hybridized carbons (Fsp3) is 0.273. The minimum atomic E-state index is -1.15. The van der Waals surface area contributed by atoms with Crippen molar-refractivity contribution in [2.45, 2.75) is 12.2 Å². The van der Waals surface area contributed by atoms with Gasteiger partial charge in [0.1, 0.15) is 11.7 Å². The minimum absolute atomic E-state index is 0.183. The van der Waals surface area contributed by atoms with Gasteiger partial charge in [-0.3, -0.25) is 0 Å². The number of hydrogen-bond donors (Lipinski definition) is 2. The Morgan fingerprint density at radius 1 is 1.35 bits per heavy atom. The van der Waals surface area contributed by atoms with Crippen LogP contribution in [0.5, 0.6) is 0 Å². The lowest BCUT2D eigenvalue weighted by Crippen LogP contribution is -2.20. The van der Waals surface area contributed by atoms with E-state index in [0.29, 0.717) is 11.1 Å². The Kier molecular flexibility index (Phi) is 3.30. The van der Waals surface area contributed by atoms with Crippen LogP contribution in [0.3, 0.4) is 0 Å². The van der Waals surface area contributed by atoms with E-state index in [2.05, 4.69) is 10.0 Å². The summed E-state index contributed by atoms with van der Waals surface area (Å²) in [6, 6.07) is 7.19. The number of furan rings is 1. The maximum Gasteiger partial charge on any atom is 0.134 e. The SMILES string of the molecule is [N-]=[N+]=NCC(O)C(O)c1coc2ccccc12. The van der Waals surface area contributed by atoms with Crippen LogP contribution in [-0.2, 0) is 0 Å². The van der Waals surface area contributed by atoms with Crippen LogP contribution in [0.4, 0.5) is 0 Å². The maximum absolute atomic E-state index is 9.91. The van der Waals surface area contributed by atoms with Gasteiger partial charge >= 0.3 is 0 Å². The van der Waals surface area contributed by atoms with E-state index in [1.165, 1.54) is 6.26 Å². The number of para-hydroxylation sites is 1. The Balaban J connectivity index is 2.29. The molecule has 6 heteroatoms. The predicted molar refractivity (Wildman–Crippen MR) is 61.2 cm³/mol. The van der Waals surface area contributed by atoms with Crippen LogP contribution < -0.4 is 0 Å². The molecule has 1 aromatic carbocycles. The molecule has 2 aromatic rings. The first-order valence-corrected chi connectivity index (χ1v) is 5.07. The monoisotopic (exact) mass is 233 g/mol. The number of azide groups is 1. The number of hydrogen-bond acceptors (Lipinski definition) is 4. The van der Waals surface area contributed by atoms with Crippen molar-refractivity contribution < 1.29 is 14.6 Å². The first kappa shape index (κ1) is 11.5. The quantitative estimate of drug-likeness (QED) is 0.480. The van der Waals surface area contributed by atoms with Gasteiger partial charge in [0.25, 0.3) is 0 Å². The van der Waals surface area contributed by atoms with Crippen LogP contribution in [0.25, 0.3) is 21.4 Å². The van der Waals surface area contributed by atoms with Gasteiger partial charge in [-0.05, 0) is 11.6 Å². The molecular formula is C11H11N3O3. The van der Waals surface area contributed by atoms with Gasteiger partial charge in [-0.25, -0.2) is 0 Å². The highest BCUT2D eigenvalue weighted by Crippen LogP contribution is 2.28. The third-order valence-corrected chi connectivity index (χ3v) is 2.53. The molecule has 1 aromatic heterocycles. The lowest BCUT2D eigenvalue weighted by atomic mass is 10.0. The third-order valence-electron chi connectivity index (χ3n) is 2.53. The van der Waals surface area contributed by atoms with Crippen LogP contribution in [0.1, 0.15) is 11.7 Å². The van der Waals surface area contributed by atoms with E-state index in [9.17, 15) is 10.2 Å². The molecule has 0 radical (unpaired) electrons. The van der Waals surface area contributed by atoms with E-state index >= 15 is 0 Å². The first-order valence-electron chi connectivity index (χ1n) is 5.07. The average Bonchev–Trinajstić information content (AvgIpc) is 2.78. The topological polar surface area (TPSA) is 102 Å². The summed E-state index contributed by atoms with van der Waals surface area (Å²) in [5, 5.41) is 23.5. The van der Waals surface area contributed by atoms with Gasteiger partial charge in [0.05, 0.1) is 18.9 Å². The Morgan fingerprint density at radius 2 is 2.12 bits per heavy atom. The molecule has 0 amide bonds. The van der Waals surface area contributed by atoms with Gasteiger partial charge in [0.15, 0.2) is 0 Å². The summed E-state index contributed by atoms with van der Waals surface area (Å²) in [6.45, 7) is -0.183. The Labute approximate surface area is 96.7 Å². The Morgan fingerprint density at radius 3 is 2.88 bits per heavy atom. The molecule has 0 fully saturated rings. The largest absolute Gasteiger partial charge is 0.464 e. The van der Waals surface area contributed by atoms with Gasteiger partial charge in [-0.2, -0.15) is 0 Å². The molecular weight excluding hydrogens is 222 g/mol. The van der Waals surface area contributed by atoms with Gasteiger partial charge in [0.2, 0.25) is 0 Å². The number of rotatable bonds is 4. The lowest BCUT2D eigenvalue weighted by molar-refractivity contribution is 0.0248. The smallest absolute Gasteiger partial charge is 0.134 e. The fourth-order valence-electron chi connectivity index (χ4n) is 1.65. The zero-order valence-corrected chi connectivity index (χ0v) is 8.89. The van der Waals surface area contributed by atoms with E-state index in [-0.39, 0.29) is 6.54 Å². The summed E-state index contributed by atoms with van der Waals surface area (Å²) in [5.41, 5.74) is 9.27. The number of nitrogens with zero attached hydrogens (tertiary/aromatic N) is 3. The van der Waals surface area contributed by atoms with Crippen LogP contribution in [0.2, 0.25) is 0 Å². The zero-order chi connectivity index (χ0) is 12.3. The normalized spacial score (nSPS) is 14.2. The lowest BCUT2D eigenvalue weighted by Gasteiger charge is -2.14. The molecule has 0 saturated carbocycles. The molecule has 2 unspecified atom stereocenters. The molecule has 0 spiro atoms. The first-order chi connectivity index (χ1) is 8.24. The Hall–Kier alpha value is -2.01. The van der Waals surface area contributed by atoms with Crippen LogP contribution >= 0.6 is 0 Å². The minimum Gasteiger partial charge on any atom is -0.464 e. The average molecular weight is 233 g/mol. The molecule has 2 N–H and O–H groups in total. The highest BCUT2D eigenvalue weighted by molar-refractivity contribution is 5.81. The van der Waals surface area contributed by atoms with Gasteiger partial charge in [0, 0.05) is 15.9 Å². The fourth-order valence-corrected chi connectivity index (χ4v) is 1.65. The van der Waals surface area contributed by atoms with Crippen molar-refractivity contribution in [1.82, 2.24) is 0 Å². The second kappa shape index (κ2) is 4.88. The zero-order valence-electron chi connectivity index (χ0n) is 8.89. The summed E-state index contributed by atoms with van der Waals surface area (Å²) < 4.78 is 5.25. The van der Waals surface area contributed by atoms with E-state index < -0.39 is 12.2 Å². The van der Waals surface area contributed by atoms with E-state index in [1.807, 2.05) is 12.1 Å². The summed E-state index contributed by atoms with van der Waals surface area (Å²) in [6.07, 6.45) is -0.884. The molecule has 1 heterocycles.